The molecular formula is C14H21BrN2O2. The molecule has 1 aliphatic heterocycles. The van der Waals surface area contributed by atoms with Crippen molar-refractivity contribution in [2.24, 2.45) is 0 Å². The molecular weight excluding hydrogens is 308 g/mol. The summed E-state index contributed by atoms with van der Waals surface area (Å²) in [6.07, 6.45) is 7.35. The molecule has 0 aromatic carbocycles. The Hall–Kier alpha value is -0.650. The fraction of sp³-hybridized carbons (Fsp3) is 0.643. The summed E-state index contributed by atoms with van der Waals surface area (Å²) in [5, 5.41) is 3.40. The molecule has 2 rings (SSSR count). The second kappa shape index (κ2) is 7.82. The zero-order chi connectivity index (χ0) is 13.5. The Kier molecular flexibility index (Phi) is 6.07. The van der Waals surface area contributed by atoms with Gasteiger partial charge in [-0.2, -0.15) is 0 Å². The highest BCUT2D eigenvalue weighted by Crippen LogP contribution is 2.21. The van der Waals surface area contributed by atoms with Crippen LogP contribution < -0.4 is 10.1 Å². The lowest BCUT2D eigenvalue weighted by Gasteiger charge is -2.15. The highest BCUT2D eigenvalue weighted by Gasteiger charge is 2.25. The number of rotatable bonds is 7. The summed E-state index contributed by atoms with van der Waals surface area (Å²) in [6.45, 7) is 4.78. The molecule has 0 amide bonds. The van der Waals surface area contributed by atoms with Crippen LogP contribution in [-0.4, -0.2) is 36.9 Å². The highest BCUT2D eigenvalue weighted by molar-refractivity contribution is 9.10. The summed E-state index contributed by atoms with van der Waals surface area (Å²) in [7, 11) is 0. The number of halogens is 1. The molecule has 106 valence electrons. The predicted octanol–water partition coefficient (Wildman–Crippen LogP) is 2.77. The van der Waals surface area contributed by atoms with Crippen LogP contribution in [0.15, 0.2) is 22.9 Å². The third kappa shape index (κ3) is 5.09. The third-order valence-electron chi connectivity index (χ3n) is 3.11. The monoisotopic (exact) mass is 328 g/mol. The number of hydrogen-bond donors (Lipinski definition) is 1. The Balaban J connectivity index is 1.67. The smallest absolute Gasteiger partial charge is 0.138 e. The van der Waals surface area contributed by atoms with Crippen LogP contribution in [0.3, 0.4) is 0 Å². The van der Waals surface area contributed by atoms with Gasteiger partial charge in [-0.25, -0.2) is 0 Å². The summed E-state index contributed by atoms with van der Waals surface area (Å²) in [4.78, 5) is 4.07. The minimum atomic E-state index is 0.201. The van der Waals surface area contributed by atoms with Crippen LogP contribution in [0.4, 0.5) is 0 Å². The normalized spacial score (nSPS) is 22.6. The van der Waals surface area contributed by atoms with Crippen LogP contribution >= 0.6 is 15.9 Å². The van der Waals surface area contributed by atoms with Gasteiger partial charge in [-0.15, -0.1) is 0 Å². The number of aromatic nitrogens is 1. The molecule has 0 spiro atoms. The van der Waals surface area contributed by atoms with Gasteiger partial charge in [-0.1, -0.05) is 6.92 Å². The van der Waals surface area contributed by atoms with Crippen molar-refractivity contribution in [2.75, 3.05) is 19.7 Å². The maximum Gasteiger partial charge on any atom is 0.138 e. The summed E-state index contributed by atoms with van der Waals surface area (Å²) >= 11 is 3.38. The standard InChI is InChI=1S/C14H21BrN2O2/c1-2-5-16-8-12-3-4-13(19-12)10-18-14-6-11(15)7-17-9-14/h6-7,9,12-13,16H,2-5,8,10H2,1H3. The van der Waals surface area contributed by atoms with Crippen molar-refractivity contribution >= 4 is 15.9 Å². The molecule has 4 nitrogen and oxygen atoms in total. The number of ether oxygens (including phenoxy) is 2. The van der Waals surface area contributed by atoms with E-state index in [4.69, 9.17) is 9.47 Å². The van der Waals surface area contributed by atoms with E-state index in [2.05, 4.69) is 33.2 Å². The van der Waals surface area contributed by atoms with Crippen LogP contribution in [0.2, 0.25) is 0 Å². The molecule has 2 atom stereocenters. The Bertz CT molecular complexity index is 389. The van der Waals surface area contributed by atoms with Crippen molar-refractivity contribution in [3.63, 3.8) is 0 Å². The minimum Gasteiger partial charge on any atom is -0.489 e. The van der Waals surface area contributed by atoms with E-state index in [1.807, 2.05) is 6.07 Å². The van der Waals surface area contributed by atoms with E-state index in [9.17, 15) is 0 Å². The minimum absolute atomic E-state index is 0.201. The molecule has 1 saturated heterocycles. The average Bonchev–Trinajstić information content (AvgIpc) is 2.85. The van der Waals surface area contributed by atoms with Gasteiger partial charge in [-0.05, 0) is 47.8 Å². The maximum absolute atomic E-state index is 5.94. The quantitative estimate of drug-likeness (QED) is 0.781. The third-order valence-corrected chi connectivity index (χ3v) is 3.54. The number of pyridine rings is 1. The molecule has 2 unspecified atom stereocenters. The van der Waals surface area contributed by atoms with E-state index in [0.29, 0.717) is 12.7 Å². The van der Waals surface area contributed by atoms with Crippen molar-refractivity contribution in [3.8, 4) is 5.75 Å². The van der Waals surface area contributed by atoms with Gasteiger partial charge in [0.25, 0.3) is 0 Å². The maximum atomic E-state index is 5.94. The van der Waals surface area contributed by atoms with Crippen molar-refractivity contribution in [1.82, 2.24) is 10.3 Å². The molecule has 1 fully saturated rings. The molecule has 1 N–H and O–H groups in total. The average molecular weight is 329 g/mol. The lowest BCUT2D eigenvalue weighted by atomic mass is 10.2. The first kappa shape index (κ1) is 14.8. The molecule has 2 heterocycles. The van der Waals surface area contributed by atoms with Crippen LogP contribution in [-0.2, 0) is 4.74 Å². The zero-order valence-corrected chi connectivity index (χ0v) is 12.9. The summed E-state index contributed by atoms with van der Waals surface area (Å²) in [5.41, 5.74) is 0. The van der Waals surface area contributed by atoms with Gasteiger partial charge in [0.05, 0.1) is 18.4 Å². The van der Waals surface area contributed by atoms with Crippen LogP contribution in [0.1, 0.15) is 26.2 Å². The Labute approximate surface area is 123 Å². The first-order valence-corrected chi connectivity index (χ1v) is 7.66. The van der Waals surface area contributed by atoms with Crippen LogP contribution in [0, 0.1) is 0 Å². The van der Waals surface area contributed by atoms with E-state index in [1.54, 1.807) is 12.4 Å². The number of nitrogens with zero attached hydrogens (tertiary/aromatic N) is 1. The Morgan fingerprint density at radius 1 is 1.42 bits per heavy atom. The van der Waals surface area contributed by atoms with E-state index in [0.717, 1.165) is 42.6 Å². The van der Waals surface area contributed by atoms with Crippen molar-refractivity contribution < 1.29 is 9.47 Å². The van der Waals surface area contributed by atoms with Gasteiger partial charge >= 0.3 is 0 Å². The van der Waals surface area contributed by atoms with Gasteiger partial charge in [0.1, 0.15) is 12.4 Å². The fourth-order valence-corrected chi connectivity index (χ4v) is 2.50. The summed E-state index contributed by atoms with van der Waals surface area (Å²) < 4.78 is 12.6. The number of nitrogens with one attached hydrogen (secondary N) is 1. The van der Waals surface area contributed by atoms with E-state index in [-0.39, 0.29) is 6.10 Å². The zero-order valence-electron chi connectivity index (χ0n) is 11.3. The first-order chi connectivity index (χ1) is 9.28. The number of hydrogen-bond acceptors (Lipinski definition) is 4. The summed E-state index contributed by atoms with van der Waals surface area (Å²) in [6, 6.07) is 1.92. The molecule has 0 aliphatic carbocycles. The fourth-order valence-electron chi connectivity index (χ4n) is 2.15. The molecule has 0 radical (unpaired) electrons. The second-order valence-corrected chi connectivity index (χ2v) is 5.73. The van der Waals surface area contributed by atoms with Crippen molar-refractivity contribution in [1.29, 1.82) is 0 Å². The molecule has 5 heteroatoms. The largest absolute Gasteiger partial charge is 0.489 e. The Morgan fingerprint density at radius 3 is 3.05 bits per heavy atom. The Morgan fingerprint density at radius 2 is 2.26 bits per heavy atom. The lowest BCUT2D eigenvalue weighted by Crippen LogP contribution is -2.28. The van der Waals surface area contributed by atoms with Gasteiger partial charge < -0.3 is 14.8 Å². The summed E-state index contributed by atoms with van der Waals surface area (Å²) in [5.74, 6) is 0.783. The lowest BCUT2D eigenvalue weighted by molar-refractivity contribution is 0.0186. The van der Waals surface area contributed by atoms with Gasteiger partial charge in [-0.3, -0.25) is 4.98 Å². The van der Waals surface area contributed by atoms with Crippen molar-refractivity contribution in [3.05, 3.63) is 22.9 Å². The second-order valence-electron chi connectivity index (χ2n) is 4.81. The molecule has 1 aromatic heterocycles. The van der Waals surface area contributed by atoms with Crippen molar-refractivity contribution in [2.45, 2.75) is 38.4 Å². The molecule has 0 bridgehead atoms. The topological polar surface area (TPSA) is 43.4 Å². The van der Waals surface area contributed by atoms with Gasteiger partial charge in [0.15, 0.2) is 0 Å². The van der Waals surface area contributed by atoms with E-state index < -0.39 is 0 Å². The SMILES string of the molecule is CCCNCC1CCC(COc2cncc(Br)c2)O1. The highest BCUT2D eigenvalue weighted by atomic mass is 79.9. The van der Waals surface area contributed by atoms with Gasteiger partial charge in [0.2, 0.25) is 0 Å². The molecule has 0 saturated carbocycles. The molecule has 19 heavy (non-hydrogen) atoms. The van der Waals surface area contributed by atoms with E-state index in [1.165, 1.54) is 0 Å². The molecule has 1 aliphatic rings. The molecule has 1 aromatic rings. The van der Waals surface area contributed by atoms with Crippen LogP contribution in [0.25, 0.3) is 0 Å². The van der Waals surface area contributed by atoms with Gasteiger partial charge in [0, 0.05) is 17.2 Å². The first-order valence-electron chi connectivity index (χ1n) is 6.87. The predicted molar refractivity (Wildman–Crippen MR) is 78.5 cm³/mol. The van der Waals surface area contributed by atoms with Crippen LogP contribution in [0.5, 0.6) is 5.75 Å². The van der Waals surface area contributed by atoms with E-state index >= 15 is 0 Å².